The van der Waals surface area contributed by atoms with Gasteiger partial charge in [-0.15, -0.1) is 0 Å². The van der Waals surface area contributed by atoms with Crippen LogP contribution in [0.15, 0.2) is 24.3 Å². The van der Waals surface area contributed by atoms with Crippen LogP contribution < -0.4 is 9.80 Å². The number of hydrogen-bond donors (Lipinski definition) is 0. The van der Waals surface area contributed by atoms with Crippen molar-refractivity contribution in [2.45, 2.75) is 33.6 Å². The van der Waals surface area contributed by atoms with Crippen LogP contribution in [0.3, 0.4) is 0 Å². The number of nitrogens with zero attached hydrogens (tertiary/aromatic N) is 5. The van der Waals surface area contributed by atoms with Crippen LogP contribution in [0, 0.1) is 20.8 Å². The number of carbonyl (C=O) groups is 1. The maximum atomic E-state index is 13.1. The Balaban J connectivity index is 1.46. The smallest absolute Gasteiger partial charge is 0.272 e. The molecule has 1 aromatic carbocycles. The molecule has 2 saturated heterocycles. The molecule has 0 spiro atoms. The van der Waals surface area contributed by atoms with Crippen LogP contribution in [0.1, 0.15) is 40.3 Å². The van der Waals surface area contributed by atoms with Gasteiger partial charge in [-0.1, -0.05) is 12.1 Å². The number of aromatic nitrogens is 2. The fourth-order valence-corrected chi connectivity index (χ4v) is 4.16. The number of benzene rings is 1. The Labute approximate surface area is 167 Å². The van der Waals surface area contributed by atoms with Gasteiger partial charge in [0.1, 0.15) is 17.3 Å². The first kappa shape index (κ1) is 18.7. The molecule has 0 aliphatic carbocycles. The number of anilines is 2. The van der Waals surface area contributed by atoms with E-state index in [2.05, 4.69) is 51.8 Å². The highest BCUT2D eigenvalue weighted by atomic mass is 16.2. The second kappa shape index (κ2) is 7.78. The average Bonchev–Trinajstić information content (AvgIpc) is 3.24. The lowest BCUT2D eigenvalue weighted by Crippen LogP contribution is -2.49. The molecule has 1 aromatic heterocycles. The molecular weight excluding hydrogens is 350 g/mol. The SMILES string of the molecule is Cc1nc(C(=O)N2CCN(c3cccc(C)c3C)CC2)cc(N2CCCC2)n1. The van der Waals surface area contributed by atoms with Crippen LogP contribution in [0.4, 0.5) is 11.5 Å². The third kappa shape index (κ3) is 3.68. The molecule has 2 fully saturated rings. The molecule has 0 N–H and O–H groups in total. The van der Waals surface area contributed by atoms with Gasteiger partial charge in [-0.05, 0) is 50.8 Å². The molecule has 1 amide bonds. The summed E-state index contributed by atoms with van der Waals surface area (Å²) in [6.07, 6.45) is 2.37. The fourth-order valence-electron chi connectivity index (χ4n) is 4.16. The molecule has 28 heavy (non-hydrogen) atoms. The maximum Gasteiger partial charge on any atom is 0.272 e. The maximum absolute atomic E-state index is 13.1. The van der Waals surface area contributed by atoms with Gasteiger partial charge in [0.05, 0.1) is 0 Å². The normalized spacial score (nSPS) is 17.3. The van der Waals surface area contributed by atoms with E-state index in [1.807, 2.05) is 17.9 Å². The second-order valence-electron chi connectivity index (χ2n) is 7.85. The molecule has 6 nitrogen and oxygen atoms in total. The summed E-state index contributed by atoms with van der Waals surface area (Å²) in [7, 11) is 0. The van der Waals surface area contributed by atoms with Gasteiger partial charge in [-0.25, -0.2) is 9.97 Å². The summed E-state index contributed by atoms with van der Waals surface area (Å²) in [5.41, 5.74) is 4.43. The predicted molar refractivity (Wildman–Crippen MR) is 112 cm³/mol. The highest BCUT2D eigenvalue weighted by molar-refractivity contribution is 5.93. The standard InChI is InChI=1S/C22H29N5O/c1-16-7-6-8-20(17(16)2)25-11-13-27(14-12-25)22(28)19-15-21(24-18(3)23-19)26-9-4-5-10-26/h6-8,15H,4-5,9-14H2,1-3H3. The van der Waals surface area contributed by atoms with Crippen molar-refractivity contribution in [1.82, 2.24) is 14.9 Å². The second-order valence-corrected chi connectivity index (χ2v) is 7.85. The number of piperazine rings is 1. The third-order valence-electron chi connectivity index (χ3n) is 5.96. The van der Waals surface area contributed by atoms with E-state index < -0.39 is 0 Å². The number of hydrogen-bond acceptors (Lipinski definition) is 5. The number of rotatable bonds is 3. The van der Waals surface area contributed by atoms with Crippen LogP contribution in [-0.4, -0.2) is 60.0 Å². The quantitative estimate of drug-likeness (QED) is 0.821. The van der Waals surface area contributed by atoms with Crippen LogP contribution in [-0.2, 0) is 0 Å². The van der Waals surface area contributed by atoms with Crippen molar-refractivity contribution >= 4 is 17.4 Å². The first-order valence-corrected chi connectivity index (χ1v) is 10.2. The summed E-state index contributed by atoms with van der Waals surface area (Å²) in [5.74, 6) is 1.58. The van der Waals surface area contributed by atoms with E-state index in [4.69, 9.17) is 0 Å². The molecular formula is C22H29N5O. The van der Waals surface area contributed by atoms with Gasteiger partial charge in [-0.3, -0.25) is 4.79 Å². The summed E-state index contributed by atoms with van der Waals surface area (Å²) >= 11 is 0. The molecule has 148 valence electrons. The summed E-state index contributed by atoms with van der Waals surface area (Å²) in [5, 5.41) is 0. The Morgan fingerprint density at radius 1 is 0.893 bits per heavy atom. The Kier molecular flexibility index (Phi) is 5.20. The first-order chi connectivity index (χ1) is 13.5. The van der Waals surface area contributed by atoms with Crippen LogP contribution in [0.2, 0.25) is 0 Å². The van der Waals surface area contributed by atoms with Gasteiger partial charge in [0.2, 0.25) is 0 Å². The Morgan fingerprint density at radius 3 is 2.32 bits per heavy atom. The van der Waals surface area contributed by atoms with E-state index in [0.29, 0.717) is 24.6 Å². The zero-order valence-electron chi connectivity index (χ0n) is 17.1. The Morgan fingerprint density at radius 2 is 1.61 bits per heavy atom. The van der Waals surface area contributed by atoms with Crippen molar-refractivity contribution < 1.29 is 4.79 Å². The highest BCUT2D eigenvalue weighted by Crippen LogP contribution is 2.24. The minimum absolute atomic E-state index is 0.0200. The minimum atomic E-state index is 0.0200. The first-order valence-electron chi connectivity index (χ1n) is 10.2. The van der Waals surface area contributed by atoms with Crippen LogP contribution in [0.5, 0.6) is 0 Å². The number of carbonyl (C=O) groups excluding carboxylic acids is 1. The predicted octanol–water partition coefficient (Wildman–Crippen LogP) is 2.96. The van der Waals surface area contributed by atoms with E-state index >= 15 is 0 Å². The van der Waals surface area contributed by atoms with Crippen molar-refractivity contribution in [3.05, 3.63) is 46.9 Å². The van der Waals surface area contributed by atoms with Crippen molar-refractivity contribution in [2.75, 3.05) is 49.1 Å². The van der Waals surface area contributed by atoms with E-state index in [1.165, 1.54) is 29.7 Å². The molecule has 2 aromatic rings. The Bertz CT molecular complexity index is 867. The molecule has 4 rings (SSSR count). The lowest BCUT2D eigenvalue weighted by Gasteiger charge is -2.37. The highest BCUT2D eigenvalue weighted by Gasteiger charge is 2.25. The minimum Gasteiger partial charge on any atom is -0.368 e. The van der Waals surface area contributed by atoms with Gasteiger partial charge in [0, 0.05) is 51.0 Å². The fraction of sp³-hybridized carbons (Fsp3) is 0.500. The van der Waals surface area contributed by atoms with Crippen LogP contribution >= 0.6 is 0 Å². The van der Waals surface area contributed by atoms with Gasteiger partial charge < -0.3 is 14.7 Å². The molecule has 3 heterocycles. The molecule has 6 heteroatoms. The lowest BCUT2D eigenvalue weighted by atomic mass is 10.1. The van der Waals surface area contributed by atoms with Crippen molar-refractivity contribution in [3.8, 4) is 0 Å². The van der Waals surface area contributed by atoms with Crippen molar-refractivity contribution in [3.63, 3.8) is 0 Å². The van der Waals surface area contributed by atoms with E-state index in [1.54, 1.807) is 0 Å². The molecule has 2 aliphatic heterocycles. The summed E-state index contributed by atoms with van der Waals surface area (Å²) in [6.45, 7) is 11.3. The summed E-state index contributed by atoms with van der Waals surface area (Å²) in [6, 6.07) is 8.31. The molecule has 0 atom stereocenters. The molecule has 0 radical (unpaired) electrons. The number of amides is 1. The zero-order valence-corrected chi connectivity index (χ0v) is 17.1. The average molecular weight is 380 g/mol. The van der Waals surface area contributed by atoms with Gasteiger partial charge in [0.15, 0.2) is 0 Å². The van der Waals surface area contributed by atoms with E-state index in [9.17, 15) is 4.79 Å². The van der Waals surface area contributed by atoms with Gasteiger partial charge in [0.25, 0.3) is 5.91 Å². The third-order valence-corrected chi connectivity index (χ3v) is 5.96. The van der Waals surface area contributed by atoms with Gasteiger partial charge in [-0.2, -0.15) is 0 Å². The molecule has 0 unspecified atom stereocenters. The van der Waals surface area contributed by atoms with E-state index in [-0.39, 0.29) is 5.91 Å². The van der Waals surface area contributed by atoms with E-state index in [0.717, 1.165) is 32.0 Å². The van der Waals surface area contributed by atoms with Crippen molar-refractivity contribution in [2.24, 2.45) is 0 Å². The molecule has 2 aliphatic rings. The molecule has 0 bridgehead atoms. The zero-order chi connectivity index (χ0) is 19.7. The monoisotopic (exact) mass is 379 g/mol. The summed E-state index contributed by atoms with van der Waals surface area (Å²) in [4.78, 5) is 28.6. The van der Waals surface area contributed by atoms with Crippen molar-refractivity contribution in [1.29, 1.82) is 0 Å². The Hall–Kier alpha value is -2.63. The number of aryl methyl sites for hydroxylation is 2. The van der Waals surface area contributed by atoms with Gasteiger partial charge >= 0.3 is 0 Å². The topological polar surface area (TPSA) is 52.6 Å². The largest absolute Gasteiger partial charge is 0.368 e. The lowest BCUT2D eigenvalue weighted by molar-refractivity contribution is 0.0740. The summed E-state index contributed by atoms with van der Waals surface area (Å²) < 4.78 is 0. The molecule has 0 saturated carbocycles. The van der Waals surface area contributed by atoms with Crippen LogP contribution in [0.25, 0.3) is 0 Å².